The van der Waals surface area contributed by atoms with Crippen molar-refractivity contribution < 1.29 is 4.79 Å². The molecule has 0 saturated heterocycles. The van der Waals surface area contributed by atoms with Crippen molar-refractivity contribution in [1.29, 1.82) is 0 Å². The van der Waals surface area contributed by atoms with Crippen LogP contribution in [0.1, 0.15) is 17.7 Å². The average Bonchev–Trinajstić information content (AvgIpc) is 2.04. The number of rotatable bonds is 0. The number of nitrogens with zero attached hydrogens (tertiary/aromatic N) is 2. The first-order valence-electron chi connectivity index (χ1n) is 3.66. The van der Waals surface area contributed by atoms with Gasteiger partial charge in [0.1, 0.15) is 12.1 Å². The first kappa shape index (κ1) is 6.46. The summed E-state index contributed by atoms with van der Waals surface area (Å²) in [4.78, 5) is 18.9. The summed E-state index contributed by atoms with van der Waals surface area (Å²) in [6.45, 7) is 0. The lowest BCUT2D eigenvalue weighted by molar-refractivity contribution is -0.118. The number of aryl methyl sites for hydroxylation is 1. The second-order valence-corrected chi connectivity index (χ2v) is 2.71. The maximum absolute atomic E-state index is 11.0. The summed E-state index contributed by atoms with van der Waals surface area (Å²) in [7, 11) is 0. The predicted octanol–water partition coefficient (Wildman–Crippen LogP) is 0.534. The third kappa shape index (κ3) is 1.13. The van der Waals surface area contributed by atoms with Gasteiger partial charge in [0, 0.05) is 19.0 Å². The molecular weight excluding hydrogens is 140 g/mol. The second-order valence-electron chi connectivity index (χ2n) is 2.71. The van der Waals surface area contributed by atoms with Crippen LogP contribution in [-0.2, 0) is 17.6 Å². The van der Waals surface area contributed by atoms with Gasteiger partial charge in [-0.05, 0) is 12.0 Å². The number of carbonyl (C=O) groups excluding carboxylic acids is 1. The first-order valence-corrected chi connectivity index (χ1v) is 3.66. The van der Waals surface area contributed by atoms with Gasteiger partial charge in [-0.2, -0.15) is 0 Å². The number of ketones is 1. The minimum atomic E-state index is 0.288. The molecule has 11 heavy (non-hydrogen) atoms. The zero-order chi connectivity index (χ0) is 7.68. The zero-order valence-corrected chi connectivity index (χ0v) is 6.08. The summed E-state index contributed by atoms with van der Waals surface area (Å²) < 4.78 is 0. The standard InChI is InChI=1S/C8H8N2O/c11-7-2-1-6-4-9-5-10-8(6)3-7/h4-5H,1-3H2. The van der Waals surface area contributed by atoms with E-state index in [0.717, 1.165) is 17.7 Å². The number of hydrogen-bond acceptors (Lipinski definition) is 3. The summed E-state index contributed by atoms with van der Waals surface area (Å²) in [6, 6.07) is 0. The Morgan fingerprint density at radius 2 is 2.27 bits per heavy atom. The van der Waals surface area contributed by atoms with Crippen molar-refractivity contribution in [2.24, 2.45) is 0 Å². The summed E-state index contributed by atoms with van der Waals surface area (Å²) in [5.41, 5.74) is 2.04. The second kappa shape index (κ2) is 2.42. The molecule has 1 heterocycles. The SMILES string of the molecule is O=C1CCc2cncnc2C1. The molecule has 0 aromatic carbocycles. The fourth-order valence-electron chi connectivity index (χ4n) is 1.30. The molecule has 1 aromatic heterocycles. The van der Waals surface area contributed by atoms with Gasteiger partial charge >= 0.3 is 0 Å². The maximum atomic E-state index is 11.0. The van der Waals surface area contributed by atoms with Crippen molar-refractivity contribution in [3.05, 3.63) is 23.8 Å². The van der Waals surface area contributed by atoms with Gasteiger partial charge in [0.05, 0.1) is 5.69 Å². The Morgan fingerprint density at radius 3 is 3.18 bits per heavy atom. The highest BCUT2D eigenvalue weighted by molar-refractivity contribution is 5.82. The molecule has 0 bridgehead atoms. The van der Waals surface area contributed by atoms with Gasteiger partial charge in [-0.15, -0.1) is 0 Å². The molecule has 0 saturated carbocycles. The predicted molar refractivity (Wildman–Crippen MR) is 39.1 cm³/mol. The van der Waals surface area contributed by atoms with Crippen LogP contribution >= 0.6 is 0 Å². The molecule has 0 atom stereocenters. The molecule has 0 radical (unpaired) electrons. The Hall–Kier alpha value is -1.25. The van der Waals surface area contributed by atoms with E-state index in [1.807, 2.05) is 0 Å². The lowest BCUT2D eigenvalue weighted by atomic mass is 9.97. The third-order valence-electron chi connectivity index (χ3n) is 1.92. The molecule has 1 aliphatic carbocycles. The smallest absolute Gasteiger partial charge is 0.139 e. The molecule has 56 valence electrons. The minimum absolute atomic E-state index is 0.288. The lowest BCUT2D eigenvalue weighted by Gasteiger charge is -2.11. The van der Waals surface area contributed by atoms with Gasteiger partial charge in [-0.3, -0.25) is 4.79 Å². The van der Waals surface area contributed by atoms with Crippen LogP contribution in [-0.4, -0.2) is 15.8 Å². The van der Waals surface area contributed by atoms with Gasteiger partial charge in [-0.25, -0.2) is 9.97 Å². The highest BCUT2D eigenvalue weighted by Gasteiger charge is 2.15. The number of carbonyl (C=O) groups is 1. The molecule has 3 nitrogen and oxygen atoms in total. The number of Topliss-reactive ketones (excluding diaryl/α,β-unsaturated/α-hetero) is 1. The normalized spacial score (nSPS) is 16.2. The van der Waals surface area contributed by atoms with E-state index in [4.69, 9.17) is 0 Å². The Bertz CT molecular complexity index is 296. The van der Waals surface area contributed by atoms with Crippen molar-refractivity contribution in [3.8, 4) is 0 Å². The van der Waals surface area contributed by atoms with Crippen molar-refractivity contribution in [2.75, 3.05) is 0 Å². The molecular formula is C8H8N2O. The van der Waals surface area contributed by atoms with E-state index >= 15 is 0 Å². The van der Waals surface area contributed by atoms with Crippen LogP contribution in [0.25, 0.3) is 0 Å². The summed E-state index contributed by atoms with van der Waals surface area (Å²) in [5, 5.41) is 0. The average molecular weight is 148 g/mol. The molecule has 0 fully saturated rings. The highest BCUT2D eigenvalue weighted by Crippen LogP contribution is 2.14. The van der Waals surface area contributed by atoms with Crippen molar-refractivity contribution >= 4 is 5.78 Å². The van der Waals surface area contributed by atoms with Crippen LogP contribution in [0, 0.1) is 0 Å². The van der Waals surface area contributed by atoms with Crippen molar-refractivity contribution in [1.82, 2.24) is 9.97 Å². The topological polar surface area (TPSA) is 42.9 Å². The van der Waals surface area contributed by atoms with Crippen molar-refractivity contribution in [3.63, 3.8) is 0 Å². The molecule has 0 N–H and O–H groups in total. The molecule has 3 heteroatoms. The maximum Gasteiger partial charge on any atom is 0.139 e. The first-order chi connectivity index (χ1) is 5.36. The zero-order valence-electron chi connectivity index (χ0n) is 6.08. The van der Waals surface area contributed by atoms with Gasteiger partial charge in [0.25, 0.3) is 0 Å². The highest BCUT2D eigenvalue weighted by atomic mass is 16.1. The summed E-state index contributed by atoms with van der Waals surface area (Å²) in [5.74, 6) is 0.288. The van der Waals surface area contributed by atoms with E-state index in [2.05, 4.69) is 9.97 Å². The van der Waals surface area contributed by atoms with Gasteiger partial charge in [-0.1, -0.05) is 0 Å². The van der Waals surface area contributed by atoms with E-state index in [0.29, 0.717) is 12.8 Å². The number of aromatic nitrogens is 2. The van der Waals surface area contributed by atoms with E-state index in [1.165, 1.54) is 6.33 Å². The summed E-state index contributed by atoms with van der Waals surface area (Å²) >= 11 is 0. The quantitative estimate of drug-likeness (QED) is 0.539. The van der Waals surface area contributed by atoms with E-state index < -0.39 is 0 Å². The van der Waals surface area contributed by atoms with E-state index in [1.54, 1.807) is 6.20 Å². The third-order valence-corrected chi connectivity index (χ3v) is 1.92. The van der Waals surface area contributed by atoms with Crippen LogP contribution in [0.15, 0.2) is 12.5 Å². The van der Waals surface area contributed by atoms with Crippen LogP contribution in [0.4, 0.5) is 0 Å². The number of hydrogen-bond donors (Lipinski definition) is 0. The summed E-state index contributed by atoms with van der Waals surface area (Å²) in [6.07, 6.45) is 5.26. The Morgan fingerprint density at radius 1 is 1.36 bits per heavy atom. The molecule has 1 aliphatic rings. The van der Waals surface area contributed by atoms with Crippen LogP contribution < -0.4 is 0 Å². The van der Waals surface area contributed by atoms with Crippen molar-refractivity contribution in [2.45, 2.75) is 19.3 Å². The van der Waals surface area contributed by atoms with Crippen LogP contribution in [0.5, 0.6) is 0 Å². The van der Waals surface area contributed by atoms with Gasteiger partial charge < -0.3 is 0 Å². The Kier molecular flexibility index (Phi) is 1.42. The monoisotopic (exact) mass is 148 g/mol. The largest absolute Gasteiger partial charge is 0.299 e. The molecule has 0 unspecified atom stereocenters. The lowest BCUT2D eigenvalue weighted by Crippen LogP contribution is -2.14. The van der Waals surface area contributed by atoms with Crippen LogP contribution in [0.2, 0.25) is 0 Å². The Labute approximate surface area is 64.5 Å². The molecule has 0 amide bonds. The van der Waals surface area contributed by atoms with E-state index in [-0.39, 0.29) is 5.78 Å². The van der Waals surface area contributed by atoms with E-state index in [9.17, 15) is 4.79 Å². The Balaban J connectivity index is 2.41. The fraction of sp³-hybridized carbons (Fsp3) is 0.375. The number of fused-ring (bicyclic) bond motifs is 1. The minimum Gasteiger partial charge on any atom is -0.299 e. The van der Waals surface area contributed by atoms with Crippen LogP contribution in [0.3, 0.4) is 0 Å². The molecule has 2 rings (SSSR count). The van der Waals surface area contributed by atoms with Gasteiger partial charge in [0.15, 0.2) is 0 Å². The molecule has 0 spiro atoms. The fourth-order valence-corrected chi connectivity index (χ4v) is 1.30. The molecule has 1 aromatic rings. The molecule has 0 aliphatic heterocycles. The van der Waals surface area contributed by atoms with Gasteiger partial charge in [0.2, 0.25) is 0 Å².